The van der Waals surface area contributed by atoms with Crippen molar-refractivity contribution in [3.8, 4) is 28.7 Å². The molecule has 0 saturated carbocycles. The van der Waals surface area contributed by atoms with Gasteiger partial charge in [0, 0.05) is 12.2 Å². The number of hydrogen-bond acceptors (Lipinski definition) is 10. The molecule has 31 heavy (non-hydrogen) atoms. The second-order valence-electron chi connectivity index (χ2n) is 6.76. The maximum Gasteiger partial charge on any atom is 0.344 e. The van der Waals surface area contributed by atoms with Crippen LogP contribution >= 0.6 is 11.8 Å². The summed E-state index contributed by atoms with van der Waals surface area (Å²) in [6.45, 7) is 1.20. The second-order valence-corrected chi connectivity index (χ2v) is 7.70. The lowest BCUT2D eigenvalue weighted by atomic mass is 10.2. The van der Waals surface area contributed by atoms with Crippen molar-refractivity contribution in [1.29, 1.82) is 0 Å². The molecule has 1 fully saturated rings. The number of nitrogens with zero attached hydrogens (tertiary/aromatic N) is 4. The van der Waals surface area contributed by atoms with Crippen molar-refractivity contribution in [1.82, 2.24) is 25.0 Å². The fraction of sp³-hybridized carbons (Fsp3) is 0.474. The van der Waals surface area contributed by atoms with Crippen LogP contribution in [0.25, 0.3) is 11.5 Å². The fourth-order valence-corrected chi connectivity index (χ4v) is 4.12. The summed E-state index contributed by atoms with van der Waals surface area (Å²) in [5, 5.41) is 15.4. The zero-order chi connectivity index (χ0) is 21.8. The van der Waals surface area contributed by atoms with Gasteiger partial charge in [0.2, 0.25) is 17.5 Å². The van der Waals surface area contributed by atoms with E-state index in [9.17, 15) is 4.79 Å². The Labute approximate surface area is 182 Å². The van der Waals surface area contributed by atoms with Gasteiger partial charge < -0.3 is 23.4 Å². The zero-order valence-electron chi connectivity index (χ0n) is 17.4. The molecule has 1 N–H and O–H groups in total. The van der Waals surface area contributed by atoms with Gasteiger partial charge in [0.15, 0.2) is 16.7 Å². The molecule has 11 nitrogen and oxygen atoms in total. The van der Waals surface area contributed by atoms with Gasteiger partial charge in [0.25, 0.3) is 0 Å². The molecular formula is C19H23N5O6S. The van der Waals surface area contributed by atoms with Crippen molar-refractivity contribution in [2.75, 3.05) is 27.9 Å². The third-order valence-corrected chi connectivity index (χ3v) is 5.80. The Kier molecular flexibility index (Phi) is 6.47. The van der Waals surface area contributed by atoms with Gasteiger partial charge in [0.05, 0.1) is 39.7 Å². The Balaban J connectivity index is 1.49. The number of aromatic nitrogens is 5. The number of thioether (sulfide) groups is 1. The molecule has 1 unspecified atom stereocenters. The van der Waals surface area contributed by atoms with Crippen LogP contribution in [0.15, 0.2) is 26.5 Å². The lowest BCUT2D eigenvalue weighted by Gasteiger charge is -2.12. The molecule has 0 aliphatic carbocycles. The van der Waals surface area contributed by atoms with Crippen molar-refractivity contribution in [2.24, 2.45) is 0 Å². The van der Waals surface area contributed by atoms with E-state index in [-0.39, 0.29) is 11.8 Å². The number of ether oxygens (including phenoxy) is 4. The Morgan fingerprint density at radius 3 is 2.61 bits per heavy atom. The monoisotopic (exact) mass is 449 g/mol. The first-order chi connectivity index (χ1) is 15.1. The highest BCUT2D eigenvalue weighted by atomic mass is 32.2. The second kappa shape index (κ2) is 9.43. The molecule has 4 rings (SSSR count). The van der Waals surface area contributed by atoms with Gasteiger partial charge in [-0.1, -0.05) is 11.8 Å². The predicted molar refractivity (Wildman–Crippen MR) is 111 cm³/mol. The first-order valence-electron chi connectivity index (χ1n) is 9.65. The van der Waals surface area contributed by atoms with Gasteiger partial charge in [-0.05, 0) is 25.0 Å². The van der Waals surface area contributed by atoms with Gasteiger partial charge in [-0.25, -0.2) is 9.89 Å². The molecule has 12 heteroatoms. The van der Waals surface area contributed by atoms with Crippen LogP contribution in [0.4, 0.5) is 0 Å². The maximum absolute atomic E-state index is 12.1. The summed E-state index contributed by atoms with van der Waals surface area (Å²) in [6.07, 6.45) is 1.97. The lowest BCUT2D eigenvalue weighted by molar-refractivity contribution is 0.0941. The zero-order valence-corrected chi connectivity index (χ0v) is 18.2. The van der Waals surface area contributed by atoms with Crippen LogP contribution in [-0.2, 0) is 17.0 Å². The van der Waals surface area contributed by atoms with E-state index >= 15 is 0 Å². The van der Waals surface area contributed by atoms with Crippen molar-refractivity contribution in [3.05, 3.63) is 28.5 Å². The summed E-state index contributed by atoms with van der Waals surface area (Å²) in [6, 6.07) is 3.47. The Bertz CT molecular complexity index is 1060. The standard InChI is InChI=1S/C19H23N5O6S/c1-26-13-7-11(8-14(27-2)16(13)28-3)17-21-20-15(30-17)10-31-19-23-22-18(25)24(19)9-12-5-4-6-29-12/h7-8,12H,4-6,9-10H2,1-3H3,(H,22,25). The van der Waals surface area contributed by atoms with Crippen molar-refractivity contribution in [2.45, 2.75) is 36.4 Å². The highest BCUT2D eigenvalue weighted by Gasteiger charge is 2.21. The summed E-state index contributed by atoms with van der Waals surface area (Å²) < 4.78 is 29.1. The quantitative estimate of drug-likeness (QED) is 0.485. The van der Waals surface area contributed by atoms with Crippen LogP contribution in [0.2, 0.25) is 0 Å². The van der Waals surface area contributed by atoms with Crippen LogP contribution in [0.1, 0.15) is 18.7 Å². The van der Waals surface area contributed by atoms with E-state index in [1.807, 2.05) is 0 Å². The highest BCUT2D eigenvalue weighted by molar-refractivity contribution is 7.98. The summed E-state index contributed by atoms with van der Waals surface area (Å²) in [5.74, 6) is 2.52. The topological polar surface area (TPSA) is 127 Å². The van der Waals surface area contributed by atoms with Crippen molar-refractivity contribution < 1.29 is 23.4 Å². The van der Waals surface area contributed by atoms with E-state index in [1.54, 1.807) is 16.7 Å². The fourth-order valence-electron chi connectivity index (χ4n) is 3.33. The molecule has 1 aliphatic heterocycles. The van der Waals surface area contributed by atoms with Crippen molar-refractivity contribution >= 4 is 11.8 Å². The van der Waals surface area contributed by atoms with Crippen LogP contribution in [0, 0.1) is 0 Å². The summed E-state index contributed by atoms with van der Waals surface area (Å²) >= 11 is 1.33. The number of aromatic amines is 1. The van der Waals surface area contributed by atoms with E-state index in [1.165, 1.54) is 33.1 Å². The molecule has 1 aromatic carbocycles. The van der Waals surface area contributed by atoms with E-state index in [4.69, 9.17) is 23.4 Å². The Morgan fingerprint density at radius 2 is 1.97 bits per heavy atom. The molecule has 0 spiro atoms. The van der Waals surface area contributed by atoms with E-state index in [2.05, 4.69) is 20.4 Å². The first-order valence-corrected chi connectivity index (χ1v) is 10.6. The van der Waals surface area contributed by atoms with Gasteiger partial charge in [0.1, 0.15) is 0 Å². The van der Waals surface area contributed by atoms with E-state index in [0.717, 1.165) is 19.4 Å². The molecular weight excluding hydrogens is 426 g/mol. The Hall–Kier alpha value is -2.99. The predicted octanol–water partition coefficient (Wildman–Crippen LogP) is 2.12. The minimum Gasteiger partial charge on any atom is -0.493 e. The average Bonchev–Trinajstić information content (AvgIpc) is 3.54. The third-order valence-electron chi connectivity index (χ3n) is 4.84. The van der Waals surface area contributed by atoms with Crippen LogP contribution < -0.4 is 19.9 Å². The number of hydrogen-bond donors (Lipinski definition) is 1. The van der Waals surface area contributed by atoms with Crippen LogP contribution in [0.5, 0.6) is 17.2 Å². The third kappa shape index (κ3) is 4.54. The molecule has 3 heterocycles. The molecule has 1 aliphatic rings. The number of methoxy groups -OCH3 is 3. The summed E-state index contributed by atoms with van der Waals surface area (Å²) in [7, 11) is 4.61. The minimum atomic E-state index is -0.262. The summed E-state index contributed by atoms with van der Waals surface area (Å²) in [4.78, 5) is 12.1. The average molecular weight is 449 g/mol. The summed E-state index contributed by atoms with van der Waals surface area (Å²) in [5.41, 5.74) is 0.370. The van der Waals surface area contributed by atoms with Gasteiger partial charge in [-0.3, -0.25) is 4.57 Å². The van der Waals surface area contributed by atoms with Gasteiger partial charge in [-0.15, -0.1) is 15.3 Å². The molecule has 1 atom stereocenters. The molecule has 0 bridgehead atoms. The lowest BCUT2D eigenvalue weighted by Crippen LogP contribution is -2.24. The SMILES string of the molecule is COc1cc(-c2nnc(CSc3n[nH]c(=O)n3CC3CCCO3)o2)cc(OC)c1OC. The molecule has 0 amide bonds. The largest absolute Gasteiger partial charge is 0.493 e. The smallest absolute Gasteiger partial charge is 0.344 e. The van der Waals surface area contributed by atoms with Crippen molar-refractivity contribution in [3.63, 3.8) is 0 Å². The molecule has 1 saturated heterocycles. The van der Waals surface area contributed by atoms with Gasteiger partial charge in [-0.2, -0.15) is 0 Å². The maximum atomic E-state index is 12.1. The molecule has 2 aromatic heterocycles. The first kappa shape index (κ1) is 21.2. The molecule has 0 radical (unpaired) electrons. The molecule has 3 aromatic rings. The number of H-pyrrole nitrogens is 1. The van der Waals surface area contributed by atoms with Crippen LogP contribution in [0.3, 0.4) is 0 Å². The van der Waals surface area contributed by atoms with Gasteiger partial charge >= 0.3 is 5.69 Å². The number of benzene rings is 1. The van der Waals surface area contributed by atoms with E-state index < -0.39 is 0 Å². The van der Waals surface area contributed by atoms with Crippen LogP contribution in [-0.4, -0.2) is 59.0 Å². The minimum absolute atomic E-state index is 0.0321. The number of rotatable bonds is 9. The van der Waals surface area contributed by atoms with E-state index in [0.29, 0.717) is 52.0 Å². The number of nitrogens with one attached hydrogen (secondary N) is 1. The normalized spacial score (nSPS) is 15.9. The highest BCUT2D eigenvalue weighted by Crippen LogP contribution is 2.41. The molecule has 166 valence electrons. The Morgan fingerprint density at radius 1 is 1.19 bits per heavy atom.